The molecular formula is C30H42F3N5O3. The van der Waals surface area contributed by atoms with Gasteiger partial charge in [-0.15, -0.1) is 0 Å². The Morgan fingerprint density at radius 3 is 2.68 bits per heavy atom. The van der Waals surface area contributed by atoms with Crippen molar-refractivity contribution in [3.05, 3.63) is 58.6 Å². The summed E-state index contributed by atoms with van der Waals surface area (Å²) < 4.78 is 46.6. The van der Waals surface area contributed by atoms with Crippen molar-refractivity contribution in [3.63, 3.8) is 0 Å². The quantitative estimate of drug-likeness (QED) is 0.217. The van der Waals surface area contributed by atoms with Gasteiger partial charge < -0.3 is 30.3 Å². The van der Waals surface area contributed by atoms with Crippen LogP contribution in [0, 0.1) is 0 Å². The summed E-state index contributed by atoms with van der Waals surface area (Å²) in [5.74, 6) is 0.152. The minimum absolute atomic E-state index is 0.152. The molecule has 0 aromatic heterocycles. The highest BCUT2D eigenvalue weighted by atomic mass is 19.4. The average Bonchev–Trinajstić information content (AvgIpc) is 3.10. The van der Waals surface area contributed by atoms with Gasteiger partial charge in [-0.3, -0.25) is 0 Å². The van der Waals surface area contributed by atoms with Crippen molar-refractivity contribution in [1.82, 2.24) is 15.1 Å². The SMILES string of the molecule is CCCN(C)CCCc1ccc(NC2=NC=C(C(F)(F)F)C(NCCCN3CCCOC3=O)=C=C2)c(C(C)(C)O)c1. The fraction of sp³-hybridized carbons (Fsp3) is 0.567. The molecule has 0 spiro atoms. The molecule has 8 nitrogen and oxygen atoms in total. The highest BCUT2D eigenvalue weighted by Crippen LogP contribution is 2.32. The molecule has 1 saturated heterocycles. The topological polar surface area (TPSA) is 89.4 Å². The van der Waals surface area contributed by atoms with E-state index >= 15 is 0 Å². The number of carbonyl (C=O) groups is 1. The Morgan fingerprint density at radius 1 is 1.22 bits per heavy atom. The Kier molecular flexibility index (Phi) is 11.5. The number of aryl methyl sites for hydroxylation is 1. The van der Waals surface area contributed by atoms with Crippen LogP contribution < -0.4 is 10.6 Å². The maximum atomic E-state index is 13.9. The minimum atomic E-state index is -4.65. The lowest BCUT2D eigenvalue weighted by atomic mass is 9.93. The number of nitrogens with zero attached hydrogens (tertiary/aromatic N) is 3. The van der Waals surface area contributed by atoms with Gasteiger partial charge in [0, 0.05) is 43.2 Å². The Bertz CT molecular complexity index is 1180. The molecule has 226 valence electrons. The van der Waals surface area contributed by atoms with Gasteiger partial charge in [0.2, 0.25) is 0 Å². The van der Waals surface area contributed by atoms with Gasteiger partial charge in [0.05, 0.1) is 17.9 Å². The van der Waals surface area contributed by atoms with E-state index in [2.05, 4.69) is 40.2 Å². The lowest BCUT2D eigenvalue weighted by molar-refractivity contribution is -0.0900. The molecule has 0 bridgehead atoms. The van der Waals surface area contributed by atoms with Crippen LogP contribution in [-0.4, -0.2) is 79.4 Å². The summed E-state index contributed by atoms with van der Waals surface area (Å²) >= 11 is 0. The van der Waals surface area contributed by atoms with E-state index in [0.717, 1.165) is 50.5 Å². The average molecular weight is 578 g/mol. The van der Waals surface area contributed by atoms with Crippen molar-refractivity contribution in [2.45, 2.75) is 64.7 Å². The van der Waals surface area contributed by atoms with Gasteiger partial charge in [0.15, 0.2) is 0 Å². The molecule has 2 aliphatic rings. The summed E-state index contributed by atoms with van der Waals surface area (Å²) in [6, 6.07) is 5.71. The molecule has 0 unspecified atom stereocenters. The Balaban J connectivity index is 1.73. The van der Waals surface area contributed by atoms with E-state index in [9.17, 15) is 23.1 Å². The number of anilines is 1. The summed E-state index contributed by atoms with van der Waals surface area (Å²) in [6.45, 7) is 9.04. The summed E-state index contributed by atoms with van der Waals surface area (Å²) in [4.78, 5) is 19.6. The third-order valence-electron chi connectivity index (χ3n) is 6.84. The molecule has 1 fully saturated rings. The van der Waals surface area contributed by atoms with Crippen LogP contribution in [0.15, 0.2) is 52.5 Å². The Morgan fingerprint density at radius 2 is 2.00 bits per heavy atom. The molecule has 41 heavy (non-hydrogen) atoms. The van der Waals surface area contributed by atoms with Crippen LogP contribution in [0.1, 0.15) is 57.6 Å². The number of hydrogen-bond acceptors (Lipinski definition) is 7. The molecule has 1 aromatic rings. The second-order valence-corrected chi connectivity index (χ2v) is 10.9. The first kappa shape index (κ1) is 32.2. The molecule has 0 atom stereocenters. The van der Waals surface area contributed by atoms with Crippen LogP contribution in [0.3, 0.4) is 0 Å². The van der Waals surface area contributed by atoms with Gasteiger partial charge in [-0.25, -0.2) is 9.79 Å². The number of aliphatic hydroxyl groups is 1. The molecule has 11 heteroatoms. The van der Waals surface area contributed by atoms with Crippen LogP contribution in [0.5, 0.6) is 0 Å². The monoisotopic (exact) mass is 577 g/mol. The number of amidine groups is 1. The van der Waals surface area contributed by atoms with Crippen molar-refractivity contribution >= 4 is 17.6 Å². The van der Waals surface area contributed by atoms with Crippen molar-refractivity contribution in [2.75, 3.05) is 51.7 Å². The van der Waals surface area contributed by atoms with Crippen LogP contribution in [0.4, 0.5) is 23.7 Å². The molecule has 0 aliphatic carbocycles. The van der Waals surface area contributed by atoms with E-state index in [4.69, 9.17) is 4.74 Å². The molecule has 0 radical (unpaired) electrons. The van der Waals surface area contributed by atoms with Crippen LogP contribution >= 0.6 is 0 Å². The summed E-state index contributed by atoms with van der Waals surface area (Å²) in [5.41, 5.74) is 2.57. The molecule has 3 N–H and O–H groups in total. The van der Waals surface area contributed by atoms with E-state index in [-0.39, 0.29) is 18.1 Å². The zero-order valence-electron chi connectivity index (χ0n) is 24.4. The normalized spacial score (nSPS) is 16.2. The van der Waals surface area contributed by atoms with E-state index < -0.39 is 23.4 Å². The smallest absolute Gasteiger partial charge is 0.420 e. The summed E-state index contributed by atoms with van der Waals surface area (Å²) in [6.07, 6.45) is 1.15. The third-order valence-corrected chi connectivity index (χ3v) is 6.84. The first-order chi connectivity index (χ1) is 19.4. The lowest BCUT2D eigenvalue weighted by Gasteiger charge is -2.26. The molecule has 1 amide bonds. The van der Waals surface area contributed by atoms with Gasteiger partial charge >= 0.3 is 12.3 Å². The molecule has 1 aromatic carbocycles. The Hall–Kier alpha value is -3.27. The molecule has 2 heterocycles. The lowest BCUT2D eigenvalue weighted by Crippen LogP contribution is -2.39. The van der Waals surface area contributed by atoms with E-state index in [0.29, 0.717) is 37.4 Å². The van der Waals surface area contributed by atoms with Gasteiger partial charge in [-0.05, 0) is 77.7 Å². The van der Waals surface area contributed by atoms with Crippen LogP contribution in [0.2, 0.25) is 0 Å². The zero-order valence-corrected chi connectivity index (χ0v) is 24.4. The number of nitrogens with one attached hydrogen (secondary N) is 2. The van der Waals surface area contributed by atoms with Gasteiger partial charge in [0.25, 0.3) is 0 Å². The van der Waals surface area contributed by atoms with E-state index in [1.54, 1.807) is 18.7 Å². The number of amides is 1. The van der Waals surface area contributed by atoms with Crippen LogP contribution in [0.25, 0.3) is 0 Å². The predicted octanol–water partition coefficient (Wildman–Crippen LogP) is 5.32. The highest BCUT2D eigenvalue weighted by molar-refractivity contribution is 6.04. The first-order valence-electron chi connectivity index (χ1n) is 14.2. The molecule has 3 rings (SSSR count). The van der Waals surface area contributed by atoms with Gasteiger partial charge in [0.1, 0.15) is 11.4 Å². The minimum Gasteiger partial charge on any atom is -0.449 e. The van der Waals surface area contributed by atoms with Crippen molar-refractivity contribution in [2.24, 2.45) is 4.99 Å². The highest BCUT2D eigenvalue weighted by Gasteiger charge is 2.37. The largest absolute Gasteiger partial charge is 0.449 e. The number of halogens is 3. The number of rotatable bonds is 13. The van der Waals surface area contributed by atoms with Gasteiger partial charge in [-0.1, -0.05) is 24.8 Å². The summed E-state index contributed by atoms with van der Waals surface area (Å²) in [5, 5.41) is 16.7. The number of benzene rings is 1. The summed E-state index contributed by atoms with van der Waals surface area (Å²) in [7, 11) is 2.10. The third kappa shape index (κ3) is 9.95. The Labute approximate surface area is 240 Å². The van der Waals surface area contributed by atoms with Crippen LogP contribution in [-0.2, 0) is 16.8 Å². The molecule has 0 saturated carbocycles. The second-order valence-electron chi connectivity index (χ2n) is 10.9. The maximum absolute atomic E-state index is 13.9. The number of cyclic esters (lactones) is 1. The molecular weight excluding hydrogens is 535 g/mol. The fourth-order valence-electron chi connectivity index (χ4n) is 4.71. The number of hydrogen-bond donors (Lipinski definition) is 3. The zero-order chi connectivity index (χ0) is 30.0. The number of carbonyl (C=O) groups excluding carboxylic acids is 1. The molecule has 2 aliphatic heterocycles. The van der Waals surface area contributed by atoms with Gasteiger partial charge in [-0.2, -0.15) is 13.2 Å². The number of aliphatic imine (C=N–C) groups is 1. The fourth-order valence-corrected chi connectivity index (χ4v) is 4.71. The number of alkyl halides is 3. The van der Waals surface area contributed by atoms with Crippen molar-refractivity contribution < 1.29 is 27.8 Å². The number of ether oxygens (including phenoxy) is 1. The first-order valence-corrected chi connectivity index (χ1v) is 14.2. The predicted molar refractivity (Wildman–Crippen MR) is 155 cm³/mol. The maximum Gasteiger partial charge on any atom is 0.420 e. The van der Waals surface area contributed by atoms with Crippen molar-refractivity contribution in [3.8, 4) is 0 Å². The van der Waals surface area contributed by atoms with E-state index in [1.807, 2.05) is 18.2 Å². The van der Waals surface area contributed by atoms with E-state index in [1.165, 1.54) is 6.08 Å². The standard InChI is InChI=1S/C30H42F3N5O3/c1-5-15-37(4)16-6-9-22-10-11-26(23(20-22)29(2,3)40)36-27-13-12-25(24(21-35-27)30(31,32)33)34-14-7-17-38-18-8-19-41-28(38)39/h10-11,13,20-21,34,40H,5-9,14-19H2,1-4H3,(H,35,36). The van der Waals surface area contributed by atoms with Crippen molar-refractivity contribution in [1.29, 1.82) is 0 Å². The second kappa shape index (κ2) is 14.6.